The number of nitrogens with zero attached hydrogens (tertiary/aromatic N) is 2. The number of alkyl halides is 3. The maximum atomic E-state index is 14.8. The van der Waals surface area contributed by atoms with Gasteiger partial charge in [0.15, 0.2) is 0 Å². The van der Waals surface area contributed by atoms with Gasteiger partial charge in [-0.3, -0.25) is 14.6 Å². The van der Waals surface area contributed by atoms with Crippen molar-refractivity contribution in [3.63, 3.8) is 0 Å². The highest BCUT2D eigenvalue weighted by atomic mass is 35.5. The number of benzene rings is 2. The van der Waals surface area contributed by atoms with Gasteiger partial charge in [-0.1, -0.05) is 17.7 Å². The van der Waals surface area contributed by atoms with Gasteiger partial charge >= 0.3 is 6.18 Å². The zero-order valence-electron chi connectivity index (χ0n) is 23.5. The molecule has 14 heteroatoms. The van der Waals surface area contributed by atoms with Crippen LogP contribution in [0.5, 0.6) is 11.5 Å². The van der Waals surface area contributed by atoms with E-state index in [0.717, 1.165) is 31.0 Å². The fourth-order valence-electron chi connectivity index (χ4n) is 5.03. The van der Waals surface area contributed by atoms with Gasteiger partial charge in [0.2, 0.25) is 11.5 Å². The lowest BCUT2D eigenvalue weighted by Gasteiger charge is -2.31. The molecule has 0 saturated heterocycles. The number of ether oxygens (including phenoxy) is 2. The van der Waals surface area contributed by atoms with Crippen molar-refractivity contribution in [2.24, 2.45) is 5.73 Å². The first kappa shape index (κ1) is 30.5. The second kappa shape index (κ2) is 10.8. The summed E-state index contributed by atoms with van der Waals surface area (Å²) < 4.78 is 69.8. The lowest BCUT2D eigenvalue weighted by Crippen LogP contribution is -2.51. The summed E-state index contributed by atoms with van der Waals surface area (Å²) in [4.78, 5) is 34.1. The molecule has 4 N–H and O–H groups in total. The quantitative estimate of drug-likeness (QED) is 0.231. The van der Waals surface area contributed by atoms with Gasteiger partial charge in [-0.15, -0.1) is 0 Å². The van der Waals surface area contributed by atoms with Gasteiger partial charge < -0.3 is 25.6 Å². The summed E-state index contributed by atoms with van der Waals surface area (Å²) in [5.74, 6) is -2.40. The van der Waals surface area contributed by atoms with E-state index >= 15 is 0 Å². The van der Waals surface area contributed by atoms with Gasteiger partial charge in [-0.05, 0) is 62.2 Å². The molecule has 3 heterocycles. The minimum Gasteiger partial charge on any atom is -0.489 e. The van der Waals surface area contributed by atoms with Crippen molar-refractivity contribution in [2.45, 2.75) is 43.1 Å². The van der Waals surface area contributed by atoms with Crippen LogP contribution in [0.3, 0.4) is 0 Å². The number of carbonyl (C=O) groups excluding carboxylic acids is 2. The zero-order chi connectivity index (χ0) is 32.3. The number of fused-ring (bicyclic) bond motifs is 2. The van der Waals surface area contributed by atoms with Crippen LogP contribution in [0.2, 0.25) is 5.02 Å². The first-order valence-electron chi connectivity index (χ1n) is 13.8. The van der Waals surface area contributed by atoms with Crippen molar-refractivity contribution >= 4 is 34.3 Å². The number of aliphatic hydroxyl groups is 1. The number of aromatic nitrogens is 2. The molecule has 1 unspecified atom stereocenters. The maximum absolute atomic E-state index is 14.8. The van der Waals surface area contributed by atoms with Crippen LogP contribution in [0.25, 0.3) is 22.2 Å². The normalized spacial score (nSPS) is 19.0. The van der Waals surface area contributed by atoms with E-state index in [-0.39, 0.29) is 45.9 Å². The molecule has 2 atom stereocenters. The van der Waals surface area contributed by atoms with Crippen molar-refractivity contribution in [1.82, 2.24) is 15.3 Å². The lowest BCUT2D eigenvalue weighted by atomic mass is 9.81. The van der Waals surface area contributed by atoms with Gasteiger partial charge in [0.25, 0.3) is 5.91 Å². The summed E-state index contributed by atoms with van der Waals surface area (Å²) in [6, 6.07) is 10.3. The molecular weight excluding hydrogens is 620 g/mol. The summed E-state index contributed by atoms with van der Waals surface area (Å²) in [5, 5.41) is 13.7. The number of hydrogen-bond acceptors (Lipinski definition) is 7. The summed E-state index contributed by atoms with van der Waals surface area (Å²) in [6.45, 7) is -0.312. The third-order valence-electron chi connectivity index (χ3n) is 7.96. The molecular formula is C31H25ClF4N4O5. The monoisotopic (exact) mass is 644 g/mol. The van der Waals surface area contributed by atoms with Gasteiger partial charge in [0.1, 0.15) is 40.5 Å². The molecule has 1 aliphatic carbocycles. The van der Waals surface area contributed by atoms with E-state index in [0.29, 0.717) is 16.7 Å². The van der Waals surface area contributed by atoms with Crippen LogP contribution in [0.4, 0.5) is 17.6 Å². The molecule has 2 amide bonds. The Kier molecular flexibility index (Phi) is 7.36. The van der Waals surface area contributed by atoms with Crippen molar-refractivity contribution < 1.29 is 41.7 Å². The number of nitrogens with one attached hydrogen (secondary N) is 1. The third-order valence-corrected chi connectivity index (χ3v) is 8.25. The minimum atomic E-state index is -5.38. The zero-order valence-corrected chi connectivity index (χ0v) is 24.3. The fourth-order valence-corrected chi connectivity index (χ4v) is 5.21. The predicted molar refractivity (Wildman–Crippen MR) is 154 cm³/mol. The van der Waals surface area contributed by atoms with E-state index in [9.17, 15) is 32.3 Å². The first-order valence-corrected chi connectivity index (χ1v) is 14.2. The van der Waals surface area contributed by atoms with Crippen LogP contribution in [-0.2, 0) is 15.8 Å². The molecule has 234 valence electrons. The number of carbonyl (C=O) groups is 2. The number of primary amides is 1. The fraction of sp³-hybridized carbons (Fsp3) is 0.290. The topological polar surface area (TPSA) is 137 Å². The molecule has 1 saturated carbocycles. The van der Waals surface area contributed by atoms with Crippen LogP contribution < -0.4 is 20.5 Å². The number of nitrogens with two attached hydrogens (primary N) is 1. The Bertz CT molecular complexity index is 1870. The van der Waals surface area contributed by atoms with E-state index < -0.39 is 47.1 Å². The van der Waals surface area contributed by atoms with Crippen LogP contribution in [0, 0.1) is 5.82 Å². The Morgan fingerprint density at radius 2 is 1.96 bits per heavy atom. The number of halogens is 5. The largest absolute Gasteiger partial charge is 0.489 e. The smallest absolute Gasteiger partial charge is 0.424 e. The van der Waals surface area contributed by atoms with Gasteiger partial charge in [0, 0.05) is 28.3 Å². The molecule has 6 rings (SSSR count). The van der Waals surface area contributed by atoms with Crippen LogP contribution in [0.1, 0.15) is 41.4 Å². The van der Waals surface area contributed by atoms with E-state index in [1.807, 2.05) is 0 Å². The van der Waals surface area contributed by atoms with Crippen molar-refractivity contribution in [3.8, 4) is 22.8 Å². The lowest BCUT2D eigenvalue weighted by molar-refractivity contribution is -0.265. The van der Waals surface area contributed by atoms with E-state index in [4.69, 9.17) is 26.8 Å². The van der Waals surface area contributed by atoms with Crippen LogP contribution in [-0.4, -0.2) is 52.3 Å². The van der Waals surface area contributed by atoms with E-state index in [1.54, 1.807) is 18.3 Å². The highest BCUT2D eigenvalue weighted by molar-refractivity contribution is 6.31. The van der Waals surface area contributed by atoms with Gasteiger partial charge in [-0.25, -0.2) is 9.37 Å². The third kappa shape index (κ3) is 5.39. The van der Waals surface area contributed by atoms with E-state index in [2.05, 4.69) is 15.3 Å². The Morgan fingerprint density at radius 3 is 2.62 bits per heavy atom. The van der Waals surface area contributed by atoms with Gasteiger partial charge in [0.05, 0.1) is 23.4 Å². The Balaban J connectivity index is 1.41. The SMILES string of the molecule is C[C@]1(C(N)=O)COc2c1cc(C(O)(CNC(=O)c1cc(OC3CC3)c3ncccc3c1)C(F)(F)F)nc2-c1ccc(F)c(Cl)c1. The average molecular weight is 645 g/mol. The number of pyridine rings is 2. The molecule has 0 spiro atoms. The molecule has 0 bridgehead atoms. The average Bonchev–Trinajstić information content (AvgIpc) is 3.75. The molecule has 45 heavy (non-hydrogen) atoms. The summed E-state index contributed by atoms with van der Waals surface area (Å²) >= 11 is 5.94. The molecule has 1 aliphatic heterocycles. The molecule has 2 aromatic carbocycles. The maximum Gasteiger partial charge on any atom is 0.424 e. The highest BCUT2D eigenvalue weighted by Crippen LogP contribution is 2.48. The molecule has 2 aromatic heterocycles. The van der Waals surface area contributed by atoms with Crippen molar-refractivity contribution in [3.05, 3.63) is 82.4 Å². The van der Waals surface area contributed by atoms with Crippen LogP contribution in [0.15, 0.2) is 54.7 Å². The second-order valence-corrected chi connectivity index (χ2v) is 11.7. The minimum absolute atomic E-state index is 0.0195. The predicted octanol–water partition coefficient (Wildman–Crippen LogP) is 4.95. The Labute approximate surface area is 258 Å². The highest BCUT2D eigenvalue weighted by Gasteiger charge is 2.57. The summed E-state index contributed by atoms with van der Waals surface area (Å²) in [7, 11) is 0. The Hall–Kier alpha value is -4.49. The number of rotatable bonds is 8. The van der Waals surface area contributed by atoms with Crippen LogP contribution >= 0.6 is 11.6 Å². The number of hydrogen-bond donors (Lipinski definition) is 3. The summed E-state index contributed by atoms with van der Waals surface area (Å²) in [5.41, 5.74) is -0.507. The second-order valence-electron chi connectivity index (χ2n) is 11.3. The molecule has 2 aliphatic rings. The molecule has 0 radical (unpaired) electrons. The molecule has 4 aromatic rings. The first-order chi connectivity index (χ1) is 21.2. The molecule has 9 nitrogen and oxygen atoms in total. The van der Waals surface area contributed by atoms with Gasteiger partial charge in [-0.2, -0.15) is 13.2 Å². The van der Waals surface area contributed by atoms with Crippen molar-refractivity contribution in [2.75, 3.05) is 13.2 Å². The summed E-state index contributed by atoms with van der Waals surface area (Å²) in [6.07, 6.45) is -2.23. The number of amides is 2. The Morgan fingerprint density at radius 1 is 1.20 bits per heavy atom. The molecule has 1 fully saturated rings. The van der Waals surface area contributed by atoms with E-state index in [1.165, 1.54) is 25.1 Å². The standard InChI is InChI=1S/C31H25ClF4N4O5/c1-29(28(37)42)14-44-26-19(29)12-23(40-25(26)16-4-7-21(33)20(32)10-16)30(43,31(34,35)36)13-39-27(41)17-9-15-3-2-8-38-24(15)22(11-17)45-18-5-6-18/h2-4,7-12,18,43H,5-6,13-14H2,1H3,(H2,37,42)(H,39,41)/t29-,30?/m0/s1. The van der Waals surface area contributed by atoms with Crippen molar-refractivity contribution in [1.29, 1.82) is 0 Å².